The van der Waals surface area contributed by atoms with Crippen LogP contribution in [0, 0.1) is 21.7 Å². The van der Waals surface area contributed by atoms with Gasteiger partial charge in [0.25, 0.3) is 0 Å². The average molecular weight is 905 g/mol. The van der Waals surface area contributed by atoms with Gasteiger partial charge in [0.15, 0.2) is 0 Å². The molecule has 2 aromatic heterocycles. The topological polar surface area (TPSA) is 9.86 Å². The summed E-state index contributed by atoms with van der Waals surface area (Å²) in [5.74, 6) is 0. The quantitative estimate of drug-likeness (QED) is 0.164. The molecule has 0 N–H and O–H groups in total. The molecule has 0 aliphatic heterocycles. The summed E-state index contributed by atoms with van der Waals surface area (Å²) >= 11 is 0. The third-order valence-electron chi connectivity index (χ3n) is 25.3. The van der Waals surface area contributed by atoms with Crippen LogP contribution in [-0.4, -0.2) is 9.13 Å². The SMILES string of the molecule is CC1(C)c2cc3c4cc5c(cc4n(-c4ccc(-n6c7cc8c(cc7c7cc9c(cc76)C(C)(C)C(C)(C)C9(C)C)C(C)(C)C(C)(C)C8(C)C)cc4)c3cc2C(C)(C)C1(C)C)C(C)(C)C(C)(C)C5(C)C. The predicted octanol–water partition coefficient (Wildman–Crippen LogP) is 18.3. The summed E-state index contributed by atoms with van der Waals surface area (Å²) in [6.07, 6.45) is 0. The Morgan fingerprint density at radius 2 is 0.368 bits per heavy atom. The molecule has 358 valence electrons. The predicted molar refractivity (Wildman–Crippen MR) is 294 cm³/mol. The van der Waals surface area contributed by atoms with Gasteiger partial charge in [-0.3, -0.25) is 0 Å². The largest absolute Gasteiger partial charge is 0.309 e. The second-order valence-corrected chi connectivity index (χ2v) is 29.3. The van der Waals surface area contributed by atoms with Gasteiger partial charge in [0.1, 0.15) is 0 Å². The molecule has 0 radical (unpaired) electrons. The number of nitrogens with zero attached hydrogens (tertiary/aromatic N) is 2. The van der Waals surface area contributed by atoms with Crippen molar-refractivity contribution in [2.45, 2.75) is 209 Å². The molecule has 2 heteroatoms. The first-order valence-electron chi connectivity index (χ1n) is 26.3. The van der Waals surface area contributed by atoms with Crippen LogP contribution in [-0.2, 0) is 43.3 Å². The van der Waals surface area contributed by atoms with Crippen LogP contribution in [0.25, 0.3) is 55.0 Å². The molecule has 0 saturated heterocycles. The van der Waals surface area contributed by atoms with Gasteiger partial charge < -0.3 is 9.13 Å². The second kappa shape index (κ2) is 12.2. The number of hydrogen-bond donors (Lipinski definition) is 0. The molecule has 68 heavy (non-hydrogen) atoms. The maximum Gasteiger partial charge on any atom is 0.0544 e. The normalized spacial score (nSPS) is 24.7. The van der Waals surface area contributed by atoms with Crippen LogP contribution in [0.2, 0.25) is 0 Å². The second-order valence-electron chi connectivity index (χ2n) is 29.3. The maximum atomic E-state index is 2.63. The Hall–Kier alpha value is -4.30. The highest BCUT2D eigenvalue weighted by Crippen LogP contribution is 2.67. The highest BCUT2D eigenvalue weighted by molar-refractivity contribution is 6.12. The molecule has 11 rings (SSSR count). The lowest BCUT2D eigenvalue weighted by molar-refractivity contribution is 0.125. The lowest BCUT2D eigenvalue weighted by Gasteiger charge is -2.44. The molecule has 2 nitrogen and oxygen atoms in total. The van der Waals surface area contributed by atoms with Gasteiger partial charge in [0, 0.05) is 32.9 Å². The van der Waals surface area contributed by atoms with E-state index in [1.165, 1.54) is 99.5 Å². The minimum Gasteiger partial charge on any atom is -0.309 e. The van der Waals surface area contributed by atoms with Crippen LogP contribution in [0.5, 0.6) is 0 Å². The van der Waals surface area contributed by atoms with Crippen molar-refractivity contribution in [3.8, 4) is 11.4 Å². The Morgan fingerprint density at radius 3 is 0.529 bits per heavy atom. The van der Waals surface area contributed by atoms with E-state index in [4.69, 9.17) is 0 Å². The van der Waals surface area contributed by atoms with Crippen LogP contribution in [0.15, 0.2) is 72.8 Å². The van der Waals surface area contributed by atoms with Crippen molar-refractivity contribution in [3.05, 3.63) is 117 Å². The Kier molecular flexibility index (Phi) is 8.29. The van der Waals surface area contributed by atoms with Crippen molar-refractivity contribution in [1.82, 2.24) is 9.13 Å². The number of fused-ring (bicyclic) bond motifs is 10. The zero-order valence-corrected chi connectivity index (χ0v) is 46.8. The Balaban J connectivity index is 1.20. The summed E-state index contributed by atoms with van der Waals surface area (Å²) in [6.45, 7) is 59.7. The third-order valence-corrected chi connectivity index (χ3v) is 25.3. The lowest BCUT2D eigenvalue weighted by Crippen LogP contribution is -2.42. The minimum absolute atomic E-state index is 0.00416. The van der Waals surface area contributed by atoms with Crippen LogP contribution in [0.4, 0.5) is 0 Å². The Morgan fingerprint density at radius 1 is 0.221 bits per heavy atom. The average Bonchev–Trinajstić information content (AvgIpc) is 3.85. The number of aromatic nitrogens is 2. The van der Waals surface area contributed by atoms with E-state index in [-0.39, 0.29) is 65.0 Å². The molecule has 4 aliphatic carbocycles. The Bertz CT molecular complexity index is 2990. The first kappa shape index (κ1) is 46.1. The van der Waals surface area contributed by atoms with Crippen molar-refractivity contribution in [2.24, 2.45) is 21.7 Å². The maximum absolute atomic E-state index is 2.63. The molecule has 0 spiro atoms. The van der Waals surface area contributed by atoms with Crippen LogP contribution >= 0.6 is 0 Å². The van der Waals surface area contributed by atoms with E-state index >= 15 is 0 Å². The van der Waals surface area contributed by atoms with Gasteiger partial charge in [0.2, 0.25) is 0 Å². The molecule has 4 aliphatic rings. The van der Waals surface area contributed by atoms with E-state index in [0.29, 0.717) is 0 Å². The highest BCUT2D eigenvalue weighted by atomic mass is 15.0. The van der Waals surface area contributed by atoms with E-state index < -0.39 is 0 Å². The smallest absolute Gasteiger partial charge is 0.0544 e. The summed E-state index contributed by atoms with van der Waals surface area (Å²) in [6, 6.07) is 30.6. The minimum atomic E-state index is -0.00416. The van der Waals surface area contributed by atoms with Gasteiger partial charge in [-0.25, -0.2) is 0 Å². The zero-order chi connectivity index (χ0) is 50.0. The molecule has 7 aromatic rings. The molecule has 5 aromatic carbocycles. The van der Waals surface area contributed by atoms with Gasteiger partial charge in [0.05, 0.1) is 22.1 Å². The molecule has 0 bridgehead atoms. The van der Waals surface area contributed by atoms with Crippen LogP contribution in [0.1, 0.15) is 211 Å². The summed E-state index contributed by atoms with van der Waals surface area (Å²) in [4.78, 5) is 0. The summed E-state index contributed by atoms with van der Waals surface area (Å²) in [5, 5.41) is 5.49. The molecular formula is C66H84N2. The standard InChI is InChI=1S/C66H84N2/c1-55(2)43-29-39-40-30-44-48(60(11,12)64(19,20)56(44,3)4)34-52(40)67(51(39)33-47(43)59(9,10)63(55,17)18)37-25-27-38(28-26-37)68-53-35-49-45(57(5,6)65(21,22)61(49,13)14)31-41(53)42-32-46-50(36-54(42)68)62(15,16)66(23,24)58(46,7)8/h25-36H,1-24H3. The van der Waals surface area contributed by atoms with E-state index in [2.05, 4.69) is 248 Å². The fourth-order valence-electron chi connectivity index (χ4n) is 15.5. The summed E-state index contributed by atoms with van der Waals surface area (Å²) in [7, 11) is 0. The molecular weight excluding hydrogens is 821 g/mol. The molecule has 0 saturated carbocycles. The van der Waals surface area contributed by atoms with Gasteiger partial charge >= 0.3 is 0 Å². The fourth-order valence-corrected chi connectivity index (χ4v) is 15.5. The third kappa shape index (κ3) is 4.63. The summed E-state index contributed by atoms with van der Waals surface area (Å²) < 4.78 is 5.26. The van der Waals surface area contributed by atoms with Gasteiger partial charge in [-0.2, -0.15) is 0 Å². The molecule has 0 unspecified atom stereocenters. The van der Waals surface area contributed by atoms with Gasteiger partial charge in [-0.15, -0.1) is 0 Å². The number of rotatable bonds is 2. The Labute approximate surface area is 410 Å². The molecule has 0 atom stereocenters. The van der Waals surface area contributed by atoms with Gasteiger partial charge in [-0.05, 0) is 182 Å². The van der Waals surface area contributed by atoms with E-state index in [9.17, 15) is 0 Å². The van der Waals surface area contributed by atoms with Crippen molar-refractivity contribution in [3.63, 3.8) is 0 Å². The fraction of sp³-hybridized carbons (Fsp3) is 0.545. The van der Waals surface area contributed by atoms with Crippen molar-refractivity contribution < 1.29 is 0 Å². The van der Waals surface area contributed by atoms with Crippen molar-refractivity contribution in [1.29, 1.82) is 0 Å². The van der Waals surface area contributed by atoms with Crippen LogP contribution in [0.3, 0.4) is 0 Å². The summed E-state index contributed by atoms with van der Waals surface area (Å²) in [5.41, 5.74) is 20.0. The molecule has 0 amide bonds. The zero-order valence-electron chi connectivity index (χ0n) is 46.8. The monoisotopic (exact) mass is 905 g/mol. The number of benzene rings is 5. The highest BCUT2D eigenvalue weighted by Gasteiger charge is 2.61. The lowest BCUT2D eigenvalue weighted by atomic mass is 9.59. The first-order valence-corrected chi connectivity index (χ1v) is 26.3. The van der Waals surface area contributed by atoms with Crippen LogP contribution < -0.4 is 0 Å². The number of hydrogen-bond acceptors (Lipinski definition) is 0. The first-order chi connectivity index (χ1) is 30.8. The van der Waals surface area contributed by atoms with E-state index in [0.717, 1.165) is 0 Å². The molecule has 2 heterocycles. The van der Waals surface area contributed by atoms with Crippen molar-refractivity contribution >= 4 is 43.6 Å². The molecule has 0 fully saturated rings. The van der Waals surface area contributed by atoms with E-state index in [1.807, 2.05) is 0 Å². The van der Waals surface area contributed by atoms with Gasteiger partial charge in [-0.1, -0.05) is 166 Å². The van der Waals surface area contributed by atoms with Crippen molar-refractivity contribution in [2.75, 3.05) is 0 Å². The van der Waals surface area contributed by atoms with E-state index in [1.54, 1.807) is 0 Å².